The van der Waals surface area contributed by atoms with Crippen LogP contribution in [0.4, 0.5) is 4.39 Å². The lowest BCUT2D eigenvalue weighted by molar-refractivity contribution is -0.0550. The van der Waals surface area contributed by atoms with Gasteiger partial charge in [-0.3, -0.25) is 0 Å². The fourth-order valence-electron chi connectivity index (χ4n) is 1.73. The predicted octanol–water partition coefficient (Wildman–Crippen LogP) is 2.66. The van der Waals surface area contributed by atoms with E-state index in [1.807, 2.05) is 20.8 Å². The zero-order valence-electron chi connectivity index (χ0n) is 11.2. The van der Waals surface area contributed by atoms with E-state index in [1.165, 1.54) is 12.1 Å². The van der Waals surface area contributed by atoms with Gasteiger partial charge in [0.2, 0.25) is 0 Å². The monoisotopic (exact) mass is 255 g/mol. The standard InChI is InChI=1S/C14H22FNO2/c1-4-17-9-10(2)18-14(11(3)16)12-5-7-13(15)8-6-12/h5-8,10-11,14H,4,9,16H2,1-3H3. The molecule has 0 heterocycles. The Bertz CT molecular complexity index is 340. The second-order valence-corrected chi connectivity index (χ2v) is 4.44. The van der Waals surface area contributed by atoms with Crippen LogP contribution >= 0.6 is 0 Å². The molecular formula is C14H22FNO2. The molecule has 4 heteroatoms. The second-order valence-electron chi connectivity index (χ2n) is 4.44. The Hall–Kier alpha value is -0.970. The highest BCUT2D eigenvalue weighted by molar-refractivity contribution is 5.20. The van der Waals surface area contributed by atoms with E-state index in [1.54, 1.807) is 12.1 Å². The van der Waals surface area contributed by atoms with Crippen molar-refractivity contribution in [3.05, 3.63) is 35.6 Å². The molecule has 18 heavy (non-hydrogen) atoms. The molecule has 0 saturated heterocycles. The van der Waals surface area contributed by atoms with Gasteiger partial charge in [0, 0.05) is 12.6 Å². The van der Waals surface area contributed by atoms with Gasteiger partial charge in [-0.25, -0.2) is 4.39 Å². The highest BCUT2D eigenvalue weighted by atomic mass is 19.1. The third-order valence-electron chi connectivity index (χ3n) is 2.61. The Balaban J connectivity index is 2.68. The third kappa shape index (κ3) is 4.72. The van der Waals surface area contributed by atoms with Crippen molar-refractivity contribution in [1.29, 1.82) is 0 Å². The molecule has 0 aliphatic rings. The quantitative estimate of drug-likeness (QED) is 0.814. The molecule has 2 N–H and O–H groups in total. The van der Waals surface area contributed by atoms with Crippen LogP contribution in [0.1, 0.15) is 32.4 Å². The van der Waals surface area contributed by atoms with Gasteiger partial charge in [-0.1, -0.05) is 12.1 Å². The first kappa shape index (κ1) is 15.1. The molecular weight excluding hydrogens is 233 g/mol. The van der Waals surface area contributed by atoms with Crippen LogP contribution in [-0.4, -0.2) is 25.4 Å². The van der Waals surface area contributed by atoms with E-state index in [4.69, 9.17) is 15.2 Å². The zero-order chi connectivity index (χ0) is 13.5. The van der Waals surface area contributed by atoms with Crippen molar-refractivity contribution in [2.75, 3.05) is 13.2 Å². The molecule has 3 atom stereocenters. The lowest BCUT2D eigenvalue weighted by Crippen LogP contribution is -2.31. The fraction of sp³-hybridized carbons (Fsp3) is 0.571. The summed E-state index contributed by atoms with van der Waals surface area (Å²) in [6, 6.07) is 6.08. The first-order valence-electron chi connectivity index (χ1n) is 6.28. The zero-order valence-corrected chi connectivity index (χ0v) is 11.2. The smallest absolute Gasteiger partial charge is 0.123 e. The summed E-state index contributed by atoms with van der Waals surface area (Å²) in [4.78, 5) is 0. The van der Waals surface area contributed by atoms with Crippen LogP contribution in [0.25, 0.3) is 0 Å². The maximum atomic E-state index is 12.9. The highest BCUT2D eigenvalue weighted by Crippen LogP contribution is 2.22. The Morgan fingerprint density at radius 2 is 1.83 bits per heavy atom. The fourth-order valence-corrected chi connectivity index (χ4v) is 1.73. The van der Waals surface area contributed by atoms with E-state index in [2.05, 4.69) is 0 Å². The average molecular weight is 255 g/mol. The Labute approximate surface area is 108 Å². The number of rotatable bonds is 7. The molecule has 0 aromatic heterocycles. The molecule has 1 aromatic carbocycles. The van der Waals surface area contributed by atoms with Crippen LogP contribution in [0.5, 0.6) is 0 Å². The number of halogens is 1. The lowest BCUT2D eigenvalue weighted by Gasteiger charge is -2.25. The maximum absolute atomic E-state index is 12.9. The minimum absolute atomic E-state index is 0.0500. The van der Waals surface area contributed by atoms with Crippen molar-refractivity contribution in [1.82, 2.24) is 0 Å². The summed E-state index contributed by atoms with van der Waals surface area (Å²) in [6.07, 6.45) is -0.299. The van der Waals surface area contributed by atoms with Gasteiger partial charge in [0.25, 0.3) is 0 Å². The summed E-state index contributed by atoms with van der Waals surface area (Å²) >= 11 is 0. The highest BCUT2D eigenvalue weighted by Gasteiger charge is 2.19. The number of hydrogen-bond acceptors (Lipinski definition) is 3. The van der Waals surface area contributed by atoms with Gasteiger partial charge in [0.15, 0.2) is 0 Å². The maximum Gasteiger partial charge on any atom is 0.123 e. The molecule has 0 saturated carbocycles. The van der Waals surface area contributed by atoms with Gasteiger partial charge in [-0.15, -0.1) is 0 Å². The third-order valence-corrected chi connectivity index (χ3v) is 2.61. The molecule has 0 aliphatic heterocycles. The summed E-state index contributed by atoms with van der Waals surface area (Å²) < 4.78 is 24.1. The molecule has 102 valence electrons. The molecule has 0 amide bonds. The SMILES string of the molecule is CCOCC(C)OC(c1ccc(F)cc1)C(C)N. The van der Waals surface area contributed by atoms with Crippen LogP contribution in [0, 0.1) is 5.82 Å². The van der Waals surface area contributed by atoms with Crippen molar-refractivity contribution < 1.29 is 13.9 Å². The van der Waals surface area contributed by atoms with Crippen LogP contribution in [0.2, 0.25) is 0 Å². The van der Waals surface area contributed by atoms with Gasteiger partial charge >= 0.3 is 0 Å². The number of hydrogen-bond donors (Lipinski definition) is 1. The summed E-state index contributed by atoms with van der Waals surface area (Å²) in [5.74, 6) is -0.260. The van der Waals surface area contributed by atoms with E-state index >= 15 is 0 Å². The second kappa shape index (κ2) is 7.46. The van der Waals surface area contributed by atoms with Crippen molar-refractivity contribution in [2.45, 2.75) is 39.0 Å². The Morgan fingerprint density at radius 3 is 2.33 bits per heavy atom. The molecule has 0 radical (unpaired) electrons. The molecule has 0 bridgehead atoms. The van der Waals surface area contributed by atoms with Gasteiger partial charge in [0.05, 0.1) is 18.8 Å². The average Bonchev–Trinajstić information content (AvgIpc) is 2.34. The summed E-state index contributed by atoms with van der Waals surface area (Å²) in [5.41, 5.74) is 6.81. The lowest BCUT2D eigenvalue weighted by atomic mass is 10.0. The van der Waals surface area contributed by atoms with Gasteiger partial charge in [-0.2, -0.15) is 0 Å². The topological polar surface area (TPSA) is 44.5 Å². The molecule has 3 unspecified atom stereocenters. The van der Waals surface area contributed by atoms with Gasteiger partial charge in [0.1, 0.15) is 5.82 Å². The van der Waals surface area contributed by atoms with E-state index in [-0.39, 0.29) is 24.1 Å². The largest absolute Gasteiger partial charge is 0.379 e. The van der Waals surface area contributed by atoms with Gasteiger partial charge in [-0.05, 0) is 38.5 Å². The van der Waals surface area contributed by atoms with Crippen LogP contribution < -0.4 is 5.73 Å². The molecule has 0 fully saturated rings. The first-order chi connectivity index (χ1) is 8.54. The number of ether oxygens (including phenoxy) is 2. The van der Waals surface area contributed by atoms with Crippen molar-refractivity contribution in [3.8, 4) is 0 Å². The minimum Gasteiger partial charge on any atom is -0.379 e. The summed E-state index contributed by atoms with van der Waals surface area (Å²) in [7, 11) is 0. The molecule has 3 nitrogen and oxygen atoms in total. The Morgan fingerprint density at radius 1 is 1.22 bits per heavy atom. The number of nitrogens with two attached hydrogens (primary N) is 1. The normalized spacial score (nSPS) is 16.3. The minimum atomic E-state index is -0.260. The van der Waals surface area contributed by atoms with E-state index in [9.17, 15) is 4.39 Å². The van der Waals surface area contributed by atoms with E-state index in [0.29, 0.717) is 13.2 Å². The molecule has 0 spiro atoms. The van der Waals surface area contributed by atoms with Crippen LogP contribution in [0.3, 0.4) is 0 Å². The number of benzene rings is 1. The first-order valence-corrected chi connectivity index (χ1v) is 6.28. The van der Waals surface area contributed by atoms with Gasteiger partial charge < -0.3 is 15.2 Å². The van der Waals surface area contributed by atoms with Crippen molar-refractivity contribution in [3.63, 3.8) is 0 Å². The molecule has 1 aromatic rings. The van der Waals surface area contributed by atoms with Crippen LogP contribution in [0.15, 0.2) is 24.3 Å². The van der Waals surface area contributed by atoms with Crippen molar-refractivity contribution in [2.24, 2.45) is 5.73 Å². The molecule has 0 aliphatic carbocycles. The summed E-state index contributed by atoms with van der Waals surface area (Å²) in [6.45, 7) is 6.94. The van der Waals surface area contributed by atoms with Crippen molar-refractivity contribution >= 4 is 0 Å². The molecule has 1 rings (SSSR count). The Kier molecular flexibility index (Phi) is 6.25. The predicted molar refractivity (Wildman–Crippen MR) is 69.8 cm³/mol. The summed E-state index contributed by atoms with van der Waals surface area (Å²) in [5, 5.41) is 0. The van der Waals surface area contributed by atoms with E-state index in [0.717, 1.165) is 5.56 Å². The van der Waals surface area contributed by atoms with Crippen LogP contribution in [-0.2, 0) is 9.47 Å². The van der Waals surface area contributed by atoms with E-state index < -0.39 is 0 Å².